The van der Waals surface area contributed by atoms with Crippen molar-refractivity contribution in [2.24, 2.45) is 0 Å². The minimum Gasteiger partial charge on any atom is -0.358 e. The fourth-order valence-corrected chi connectivity index (χ4v) is 4.49. The number of fused-ring (bicyclic) bond motifs is 2. The highest BCUT2D eigenvalue weighted by Crippen LogP contribution is 2.26. The van der Waals surface area contributed by atoms with Crippen LogP contribution >= 0.6 is 11.3 Å². The van der Waals surface area contributed by atoms with Crippen LogP contribution < -0.4 is 10.6 Å². The molecule has 3 aromatic heterocycles. The lowest BCUT2D eigenvalue weighted by atomic mass is 10.1. The average molecular weight is 431 g/mol. The van der Waals surface area contributed by atoms with E-state index < -0.39 is 0 Å². The summed E-state index contributed by atoms with van der Waals surface area (Å²) in [6.45, 7) is 3.55. The zero-order valence-electron chi connectivity index (χ0n) is 17.1. The molecule has 0 spiro atoms. The predicted molar refractivity (Wildman–Crippen MR) is 125 cm³/mol. The standard InChI is InChI=1S/C24H22N4O2S/c1-15-17(10-11-25-14-21-18-5-2-3-6-22(18)30-28-21)19-13-16(8-9-20(19)26-15)27-24(29)23-7-4-12-31-23/h2-9,12-13,25-26H,10-11,14H2,1H3,(H,27,29). The summed E-state index contributed by atoms with van der Waals surface area (Å²) in [5, 5.41) is 14.7. The Morgan fingerprint density at radius 3 is 2.90 bits per heavy atom. The van der Waals surface area contributed by atoms with Crippen LogP contribution in [0, 0.1) is 6.92 Å². The van der Waals surface area contributed by atoms with E-state index in [-0.39, 0.29) is 5.91 Å². The van der Waals surface area contributed by atoms with Gasteiger partial charge in [0.1, 0.15) is 5.69 Å². The van der Waals surface area contributed by atoms with Crippen molar-refractivity contribution in [3.05, 3.63) is 81.8 Å². The van der Waals surface area contributed by atoms with Crippen LogP contribution in [0.1, 0.15) is 26.6 Å². The Morgan fingerprint density at radius 1 is 1.13 bits per heavy atom. The Hall–Kier alpha value is -3.42. The van der Waals surface area contributed by atoms with Crippen LogP contribution in [0.2, 0.25) is 0 Å². The summed E-state index contributed by atoms with van der Waals surface area (Å²) in [6.07, 6.45) is 0.865. The molecule has 2 aromatic carbocycles. The maximum Gasteiger partial charge on any atom is 0.265 e. The van der Waals surface area contributed by atoms with Gasteiger partial charge in [-0.1, -0.05) is 23.4 Å². The second-order valence-electron chi connectivity index (χ2n) is 7.47. The molecule has 0 saturated heterocycles. The first kappa shape index (κ1) is 19.5. The highest BCUT2D eigenvalue weighted by molar-refractivity contribution is 7.12. The quantitative estimate of drug-likeness (QED) is 0.308. The van der Waals surface area contributed by atoms with Crippen LogP contribution in [0.4, 0.5) is 5.69 Å². The number of H-pyrrole nitrogens is 1. The maximum absolute atomic E-state index is 12.4. The van der Waals surface area contributed by atoms with Gasteiger partial charge >= 0.3 is 0 Å². The first-order valence-corrected chi connectivity index (χ1v) is 11.1. The molecule has 0 saturated carbocycles. The predicted octanol–water partition coefficient (Wildman–Crippen LogP) is 5.26. The number of carbonyl (C=O) groups excluding carboxylic acids is 1. The third-order valence-corrected chi connectivity index (χ3v) is 6.29. The number of hydrogen-bond donors (Lipinski definition) is 3. The van der Waals surface area contributed by atoms with Crippen molar-refractivity contribution in [3.63, 3.8) is 0 Å². The molecular formula is C24H22N4O2S. The number of anilines is 1. The van der Waals surface area contributed by atoms with Gasteiger partial charge < -0.3 is 20.1 Å². The molecule has 31 heavy (non-hydrogen) atoms. The van der Waals surface area contributed by atoms with E-state index >= 15 is 0 Å². The normalized spacial score (nSPS) is 11.4. The highest BCUT2D eigenvalue weighted by Gasteiger charge is 2.12. The Labute approximate surface area is 183 Å². The van der Waals surface area contributed by atoms with Gasteiger partial charge in [-0.05, 0) is 67.2 Å². The Balaban J connectivity index is 1.27. The van der Waals surface area contributed by atoms with Crippen molar-refractivity contribution in [1.82, 2.24) is 15.5 Å². The van der Waals surface area contributed by atoms with Gasteiger partial charge in [0, 0.05) is 34.2 Å². The molecule has 0 unspecified atom stereocenters. The monoisotopic (exact) mass is 430 g/mol. The number of hydrogen-bond acceptors (Lipinski definition) is 5. The SMILES string of the molecule is Cc1[nH]c2ccc(NC(=O)c3cccs3)cc2c1CCNCc1noc2ccccc12. The van der Waals surface area contributed by atoms with Crippen LogP contribution in [-0.2, 0) is 13.0 Å². The molecule has 0 atom stereocenters. The molecule has 6 nitrogen and oxygen atoms in total. The fraction of sp³-hybridized carbons (Fsp3) is 0.167. The first-order valence-electron chi connectivity index (χ1n) is 10.2. The zero-order chi connectivity index (χ0) is 21.2. The topological polar surface area (TPSA) is 83.0 Å². The summed E-state index contributed by atoms with van der Waals surface area (Å²) >= 11 is 1.44. The average Bonchev–Trinajstić information content (AvgIpc) is 3.51. The second kappa shape index (κ2) is 8.37. The minimum absolute atomic E-state index is 0.0790. The fourth-order valence-electron chi connectivity index (χ4n) is 3.87. The van der Waals surface area contributed by atoms with Crippen LogP contribution in [0.15, 0.2) is 64.5 Å². The number of aromatic nitrogens is 2. The number of benzene rings is 2. The van der Waals surface area contributed by atoms with Gasteiger partial charge in [-0.15, -0.1) is 11.3 Å². The largest absolute Gasteiger partial charge is 0.358 e. The molecule has 7 heteroatoms. The minimum atomic E-state index is -0.0790. The summed E-state index contributed by atoms with van der Waals surface area (Å²) in [6, 6.07) is 17.6. The molecule has 5 rings (SSSR count). The Kier molecular flexibility index (Phi) is 5.28. The molecule has 0 radical (unpaired) electrons. The summed E-state index contributed by atoms with van der Waals surface area (Å²) < 4.78 is 5.37. The van der Waals surface area contributed by atoms with Crippen LogP contribution in [0.25, 0.3) is 21.9 Å². The van der Waals surface area contributed by atoms with Gasteiger partial charge in [0.15, 0.2) is 5.58 Å². The number of aromatic amines is 1. The van der Waals surface area contributed by atoms with Gasteiger partial charge in [0.05, 0.1) is 4.88 Å². The van der Waals surface area contributed by atoms with Crippen molar-refractivity contribution in [3.8, 4) is 0 Å². The number of para-hydroxylation sites is 1. The van der Waals surface area contributed by atoms with Crippen LogP contribution in [-0.4, -0.2) is 22.6 Å². The van der Waals surface area contributed by atoms with E-state index in [4.69, 9.17) is 4.52 Å². The number of nitrogens with one attached hydrogen (secondary N) is 3. The molecule has 0 aliphatic rings. The van der Waals surface area contributed by atoms with Crippen molar-refractivity contribution in [2.75, 3.05) is 11.9 Å². The third-order valence-electron chi connectivity index (χ3n) is 5.42. The van der Waals surface area contributed by atoms with Gasteiger partial charge in [0.25, 0.3) is 5.91 Å². The molecule has 156 valence electrons. The third kappa shape index (κ3) is 3.97. The molecule has 0 fully saturated rings. The molecular weight excluding hydrogens is 408 g/mol. The molecule has 1 amide bonds. The Morgan fingerprint density at radius 2 is 2.03 bits per heavy atom. The van der Waals surface area contributed by atoms with Crippen LogP contribution in [0.5, 0.6) is 0 Å². The summed E-state index contributed by atoms with van der Waals surface area (Å²) in [7, 11) is 0. The number of thiophene rings is 1. The van der Waals surface area contributed by atoms with Gasteiger partial charge in [0.2, 0.25) is 0 Å². The van der Waals surface area contributed by atoms with Crippen LogP contribution in [0.3, 0.4) is 0 Å². The molecule has 5 aromatic rings. The highest BCUT2D eigenvalue weighted by atomic mass is 32.1. The van der Waals surface area contributed by atoms with E-state index in [2.05, 4.69) is 27.7 Å². The van der Waals surface area contributed by atoms with E-state index in [1.807, 2.05) is 60.0 Å². The van der Waals surface area contributed by atoms with Crippen molar-refractivity contribution in [1.29, 1.82) is 0 Å². The number of carbonyl (C=O) groups is 1. The molecule has 0 aliphatic carbocycles. The van der Waals surface area contributed by atoms with Crippen molar-refractivity contribution in [2.45, 2.75) is 19.9 Å². The number of amides is 1. The maximum atomic E-state index is 12.4. The number of rotatable bonds is 7. The van der Waals surface area contributed by atoms with Crippen molar-refractivity contribution >= 4 is 44.8 Å². The van der Waals surface area contributed by atoms with Gasteiger partial charge in [-0.2, -0.15) is 0 Å². The van der Waals surface area contributed by atoms with E-state index in [0.29, 0.717) is 11.4 Å². The lowest BCUT2D eigenvalue weighted by molar-refractivity contribution is 0.103. The lowest BCUT2D eigenvalue weighted by Crippen LogP contribution is -2.17. The second-order valence-corrected chi connectivity index (χ2v) is 8.42. The number of nitrogens with zero attached hydrogens (tertiary/aromatic N) is 1. The smallest absolute Gasteiger partial charge is 0.265 e. The summed E-state index contributed by atoms with van der Waals surface area (Å²) in [5.74, 6) is -0.0790. The molecule has 3 heterocycles. The van der Waals surface area contributed by atoms with Crippen molar-refractivity contribution < 1.29 is 9.32 Å². The number of aryl methyl sites for hydroxylation is 1. The van der Waals surface area contributed by atoms with Gasteiger partial charge in [-0.3, -0.25) is 4.79 Å². The van der Waals surface area contributed by atoms with E-state index in [1.54, 1.807) is 0 Å². The molecule has 0 bridgehead atoms. The van der Waals surface area contributed by atoms with E-state index in [1.165, 1.54) is 16.9 Å². The lowest BCUT2D eigenvalue weighted by Gasteiger charge is -2.06. The zero-order valence-corrected chi connectivity index (χ0v) is 17.9. The summed E-state index contributed by atoms with van der Waals surface area (Å²) in [4.78, 5) is 16.5. The van der Waals surface area contributed by atoms with E-state index in [0.717, 1.165) is 51.9 Å². The van der Waals surface area contributed by atoms with E-state index in [9.17, 15) is 4.79 Å². The first-order chi connectivity index (χ1) is 15.2. The molecule has 0 aliphatic heterocycles. The summed E-state index contributed by atoms with van der Waals surface area (Å²) in [5.41, 5.74) is 6.00. The van der Waals surface area contributed by atoms with Gasteiger partial charge in [-0.25, -0.2) is 0 Å². The Bertz CT molecular complexity index is 1350. The molecule has 3 N–H and O–H groups in total.